The van der Waals surface area contributed by atoms with Crippen LogP contribution in [-0.2, 0) is 11.2 Å². The number of H-pyrrole nitrogens is 1. The lowest BCUT2D eigenvalue weighted by atomic mass is 10.0. The van der Waals surface area contributed by atoms with E-state index < -0.39 is 5.60 Å². The zero-order valence-corrected chi connectivity index (χ0v) is 17.1. The van der Waals surface area contributed by atoms with Crippen LogP contribution in [0.4, 0.5) is 4.79 Å². The van der Waals surface area contributed by atoms with Gasteiger partial charge in [0.2, 0.25) is 0 Å². The van der Waals surface area contributed by atoms with Gasteiger partial charge in [-0.15, -0.1) is 0 Å². The van der Waals surface area contributed by atoms with E-state index in [2.05, 4.69) is 26.5 Å². The summed E-state index contributed by atoms with van der Waals surface area (Å²) in [6.07, 6.45) is 2.83. The van der Waals surface area contributed by atoms with Gasteiger partial charge in [-0.3, -0.25) is 4.79 Å². The Morgan fingerprint density at radius 2 is 2.11 bits per heavy atom. The van der Waals surface area contributed by atoms with Gasteiger partial charge in [0.1, 0.15) is 11.1 Å². The summed E-state index contributed by atoms with van der Waals surface area (Å²) in [6.45, 7) is 5.60. The molecule has 0 saturated heterocycles. The van der Waals surface area contributed by atoms with Gasteiger partial charge in [0.15, 0.2) is 5.52 Å². The van der Waals surface area contributed by atoms with Crippen molar-refractivity contribution in [3.63, 3.8) is 0 Å². The van der Waals surface area contributed by atoms with Crippen molar-refractivity contribution in [1.82, 2.24) is 19.2 Å². The molecule has 146 valence electrons. The Morgan fingerprint density at radius 1 is 1.32 bits per heavy atom. The number of aryl methyl sites for hydroxylation is 1. The molecule has 1 N–H and O–H groups in total. The fourth-order valence-electron chi connectivity index (χ4n) is 3.57. The van der Waals surface area contributed by atoms with Crippen molar-refractivity contribution in [1.29, 1.82) is 0 Å². The molecule has 1 atom stereocenters. The lowest BCUT2D eigenvalue weighted by Gasteiger charge is -2.29. The predicted octanol–water partition coefficient (Wildman–Crippen LogP) is 3.90. The molecule has 1 aromatic carbocycles. The van der Waals surface area contributed by atoms with Gasteiger partial charge < -0.3 is 14.6 Å². The average Bonchev–Trinajstić information content (AvgIpc) is 3.24. The molecular weight excluding hydrogens is 376 g/mol. The summed E-state index contributed by atoms with van der Waals surface area (Å²) in [6, 6.07) is 6.18. The van der Waals surface area contributed by atoms with Crippen LogP contribution in [0, 0.1) is 0 Å². The Balaban J connectivity index is 1.64. The van der Waals surface area contributed by atoms with Crippen LogP contribution in [0.3, 0.4) is 0 Å². The number of rotatable bonds is 2. The molecule has 0 aliphatic heterocycles. The molecule has 3 aromatic rings. The van der Waals surface area contributed by atoms with Crippen LogP contribution in [0.5, 0.6) is 0 Å². The Kier molecular flexibility index (Phi) is 4.45. The number of hydrogen-bond donors (Lipinski definition) is 1. The highest BCUT2D eigenvalue weighted by atomic mass is 32.1. The minimum Gasteiger partial charge on any atom is -0.444 e. The Bertz CT molecular complexity index is 1110. The van der Waals surface area contributed by atoms with Crippen molar-refractivity contribution in [2.45, 2.75) is 45.3 Å². The molecule has 1 aliphatic carbocycles. The maximum Gasteiger partial charge on any atom is 0.410 e. The van der Waals surface area contributed by atoms with E-state index in [-0.39, 0.29) is 17.7 Å². The number of carbonyl (C=O) groups excluding carboxylic acids is 1. The van der Waals surface area contributed by atoms with Gasteiger partial charge in [0.25, 0.3) is 5.56 Å². The first kappa shape index (κ1) is 18.6. The molecule has 0 spiro atoms. The second-order valence-corrected chi connectivity index (χ2v) is 8.77. The molecule has 2 aromatic heterocycles. The van der Waals surface area contributed by atoms with Crippen LogP contribution in [0.15, 0.2) is 29.3 Å². The van der Waals surface area contributed by atoms with E-state index in [1.165, 1.54) is 23.4 Å². The van der Waals surface area contributed by atoms with Crippen molar-refractivity contribution >= 4 is 28.7 Å². The number of carbonyl (C=O) groups is 1. The van der Waals surface area contributed by atoms with Crippen LogP contribution in [0.25, 0.3) is 21.5 Å². The van der Waals surface area contributed by atoms with E-state index >= 15 is 0 Å². The number of aromatic amines is 1. The summed E-state index contributed by atoms with van der Waals surface area (Å²) in [5.74, 6) is 0. The van der Waals surface area contributed by atoms with Gasteiger partial charge in [-0.05, 0) is 67.9 Å². The van der Waals surface area contributed by atoms with Gasteiger partial charge in [-0.2, -0.15) is 4.37 Å². The fraction of sp³-hybridized carbons (Fsp3) is 0.400. The van der Waals surface area contributed by atoms with Crippen LogP contribution in [-0.4, -0.2) is 38.0 Å². The molecule has 0 fully saturated rings. The van der Waals surface area contributed by atoms with Crippen molar-refractivity contribution < 1.29 is 9.53 Å². The molecule has 1 amide bonds. The first-order valence-electron chi connectivity index (χ1n) is 9.16. The topological polar surface area (TPSA) is 88.2 Å². The molecule has 0 radical (unpaired) electrons. The first-order chi connectivity index (χ1) is 13.2. The van der Waals surface area contributed by atoms with Crippen molar-refractivity contribution in [2.24, 2.45) is 0 Å². The second kappa shape index (κ2) is 6.70. The van der Waals surface area contributed by atoms with Crippen molar-refractivity contribution in [3.8, 4) is 10.4 Å². The number of aromatic nitrogens is 3. The third-order valence-electron chi connectivity index (χ3n) is 4.87. The highest BCUT2D eigenvalue weighted by Gasteiger charge is 2.31. The van der Waals surface area contributed by atoms with E-state index in [4.69, 9.17) is 4.74 Å². The number of benzene rings is 1. The molecule has 1 aliphatic rings. The molecular formula is C20H22N4O3S. The SMILES string of the molecule is CN(C(=O)OC(C)(C)C)C1CCc2cc(-c3snc4c(=O)[nH]cnc34)ccc21. The van der Waals surface area contributed by atoms with Gasteiger partial charge in [0, 0.05) is 7.05 Å². The van der Waals surface area contributed by atoms with Crippen LogP contribution >= 0.6 is 11.5 Å². The maximum absolute atomic E-state index is 12.4. The van der Waals surface area contributed by atoms with Gasteiger partial charge in [0.05, 0.1) is 17.2 Å². The predicted molar refractivity (Wildman–Crippen MR) is 109 cm³/mol. The minimum absolute atomic E-state index is 0.00178. The normalized spacial score (nSPS) is 16.2. The highest BCUT2D eigenvalue weighted by Crippen LogP contribution is 2.39. The van der Waals surface area contributed by atoms with Gasteiger partial charge >= 0.3 is 6.09 Å². The zero-order chi connectivity index (χ0) is 20.1. The fourth-order valence-corrected chi connectivity index (χ4v) is 4.39. The van der Waals surface area contributed by atoms with E-state index in [0.717, 1.165) is 28.8 Å². The van der Waals surface area contributed by atoms with Crippen LogP contribution < -0.4 is 5.56 Å². The van der Waals surface area contributed by atoms with Crippen LogP contribution in [0.1, 0.15) is 44.4 Å². The number of nitrogens with zero attached hydrogens (tertiary/aromatic N) is 3. The molecule has 1 unspecified atom stereocenters. The second-order valence-electron chi connectivity index (χ2n) is 8.00. The third-order valence-corrected chi connectivity index (χ3v) is 5.76. The average molecular weight is 398 g/mol. The minimum atomic E-state index is -0.519. The van der Waals surface area contributed by atoms with E-state index in [0.29, 0.717) is 11.0 Å². The Hall–Kier alpha value is -2.74. The van der Waals surface area contributed by atoms with Crippen molar-refractivity contribution in [3.05, 3.63) is 46.0 Å². The summed E-state index contributed by atoms with van der Waals surface area (Å²) >= 11 is 1.28. The van der Waals surface area contributed by atoms with E-state index in [9.17, 15) is 9.59 Å². The van der Waals surface area contributed by atoms with Crippen LogP contribution in [0.2, 0.25) is 0 Å². The number of ether oxygens (including phenoxy) is 1. The quantitative estimate of drug-likeness (QED) is 0.707. The zero-order valence-electron chi connectivity index (χ0n) is 16.3. The summed E-state index contributed by atoms with van der Waals surface area (Å²) < 4.78 is 9.76. The molecule has 0 bridgehead atoms. The van der Waals surface area contributed by atoms with E-state index in [1.54, 1.807) is 11.9 Å². The lowest BCUT2D eigenvalue weighted by molar-refractivity contribution is 0.0220. The standard InChI is InChI=1S/C20H22N4O3S/c1-20(2,3)27-19(26)24(4)14-8-6-11-9-12(5-7-13(11)14)17-15-16(23-28-17)18(25)22-10-21-15/h5,7,9-10,14H,6,8H2,1-4H3,(H,21,22,25). The molecule has 8 heteroatoms. The molecule has 0 saturated carbocycles. The highest BCUT2D eigenvalue weighted by molar-refractivity contribution is 7.11. The number of nitrogens with one attached hydrogen (secondary N) is 1. The summed E-state index contributed by atoms with van der Waals surface area (Å²) in [5, 5.41) is 0. The maximum atomic E-state index is 12.4. The van der Waals surface area contributed by atoms with Crippen molar-refractivity contribution in [2.75, 3.05) is 7.05 Å². The largest absolute Gasteiger partial charge is 0.444 e. The van der Waals surface area contributed by atoms with Gasteiger partial charge in [-0.1, -0.05) is 12.1 Å². The third kappa shape index (κ3) is 3.28. The number of fused-ring (bicyclic) bond motifs is 2. The molecule has 28 heavy (non-hydrogen) atoms. The number of amides is 1. The Labute approximate surface area is 166 Å². The van der Waals surface area contributed by atoms with Gasteiger partial charge in [-0.25, -0.2) is 9.78 Å². The lowest BCUT2D eigenvalue weighted by Crippen LogP contribution is -2.36. The summed E-state index contributed by atoms with van der Waals surface area (Å²) in [5.41, 5.74) is 3.56. The number of hydrogen-bond acceptors (Lipinski definition) is 6. The molecule has 7 nitrogen and oxygen atoms in total. The summed E-state index contributed by atoms with van der Waals surface area (Å²) in [7, 11) is 1.79. The first-order valence-corrected chi connectivity index (χ1v) is 9.94. The smallest absolute Gasteiger partial charge is 0.410 e. The molecule has 4 rings (SSSR count). The Morgan fingerprint density at radius 3 is 2.86 bits per heavy atom. The molecule has 2 heterocycles. The monoisotopic (exact) mass is 398 g/mol. The van der Waals surface area contributed by atoms with E-state index in [1.807, 2.05) is 26.8 Å². The summed E-state index contributed by atoms with van der Waals surface area (Å²) in [4.78, 5) is 33.7.